The van der Waals surface area contributed by atoms with Gasteiger partial charge in [-0.2, -0.15) is 0 Å². The second kappa shape index (κ2) is 7.11. The fourth-order valence-corrected chi connectivity index (χ4v) is 3.84. The average molecular weight is 325 g/mol. The van der Waals surface area contributed by atoms with Crippen molar-refractivity contribution in [3.05, 3.63) is 75.5 Å². The van der Waals surface area contributed by atoms with Crippen LogP contribution in [0, 0.1) is 13.8 Å². The van der Waals surface area contributed by atoms with E-state index in [2.05, 4.69) is 66.0 Å². The Morgan fingerprint density at radius 2 is 1.91 bits per heavy atom. The second-order valence-corrected chi connectivity index (χ2v) is 7.48. The van der Waals surface area contributed by atoms with E-state index < -0.39 is 0 Å². The molecule has 0 aliphatic heterocycles. The van der Waals surface area contributed by atoms with Crippen LogP contribution in [0.5, 0.6) is 0 Å². The number of aromatic nitrogens is 2. The topological polar surface area (TPSA) is 29.9 Å². The predicted octanol–water partition coefficient (Wildman–Crippen LogP) is 4.46. The lowest BCUT2D eigenvalue weighted by Gasteiger charge is -2.14. The molecule has 23 heavy (non-hydrogen) atoms. The molecule has 0 aliphatic rings. The van der Waals surface area contributed by atoms with E-state index in [9.17, 15) is 0 Å². The summed E-state index contributed by atoms with van der Waals surface area (Å²) in [6.45, 7) is 8.38. The van der Waals surface area contributed by atoms with Gasteiger partial charge in [0.05, 0.1) is 6.33 Å². The highest BCUT2D eigenvalue weighted by Crippen LogP contribution is 2.26. The van der Waals surface area contributed by atoms with E-state index >= 15 is 0 Å². The van der Waals surface area contributed by atoms with Crippen LogP contribution < -0.4 is 5.32 Å². The molecule has 0 radical (unpaired) electrons. The summed E-state index contributed by atoms with van der Waals surface area (Å²) >= 11 is 1.88. The summed E-state index contributed by atoms with van der Waals surface area (Å²) in [5.74, 6) is 0. The monoisotopic (exact) mass is 325 g/mol. The number of hydrogen-bond donors (Lipinski definition) is 1. The summed E-state index contributed by atoms with van der Waals surface area (Å²) in [7, 11) is 0. The highest BCUT2D eigenvalue weighted by Gasteiger charge is 2.10. The zero-order valence-corrected chi connectivity index (χ0v) is 14.7. The molecular weight excluding hydrogens is 302 g/mol. The SMILES string of the molecule is Cc1cc([C@H](C)NCc2ccc(Cn3ccnc3)cc2)c(C)s1. The highest BCUT2D eigenvalue weighted by atomic mass is 32.1. The zero-order chi connectivity index (χ0) is 16.2. The number of hydrogen-bond acceptors (Lipinski definition) is 3. The van der Waals surface area contributed by atoms with Crippen molar-refractivity contribution in [3.63, 3.8) is 0 Å². The Hall–Kier alpha value is -1.91. The molecule has 120 valence electrons. The molecular formula is C19H23N3S. The summed E-state index contributed by atoms with van der Waals surface area (Å²) in [4.78, 5) is 6.88. The van der Waals surface area contributed by atoms with Crippen LogP contribution >= 0.6 is 11.3 Å². The number of benzene rings is 1. The minimum absolute atomic E-state index is 0.380. The minimum Gasteiger partial charge on any atom is -0.333 e. The van der Waals surface area contributed by atoms with E-state index in [1.165, 1.54) is 26.4 Å². The van der Waals surface area contributed by atoms with Gasteiger partial charge in [0, 0.05) is 41.3 Å². The molecule has 0 saturated carbocycles. The van der Waals surface area contributed by atoms with Crippen molar-refractivity contribution >= 4 is 11.3 Å². The molecule has 1 N–H and O–H groups in total. The Balaban J connectivity index is 1.57. The number of nitrogens with zero attached hydrogens (tertiary/aromatic N) is 2. The summed E-state index contributed by atoms with van der Waals surface area (Å²) in [5.41, 5.74) is 4.03. The molecule has 1 atom stereocenters. The number of imidazole rings is 1. The van der Waals surface area contributed by atoms with Gasteiger partial charge in [-0.1, -0.05) is 24.3 Å². The molecule has 0 saturated heterocycles. The molecule has 0 amide bonds. The maximum Gasteiger partial charge on any atom is 0.0949 e. The van der Waals surface area contributed by atoms with Crippen molar-refractivity contribution < 1.29 is 0 Å². The van der Waals surface area contributed by atoms with E-state index in [1.54, 1.807) is 0 Å². The van der Waals surface area contributed by atoms with E-state index in [0.29, 0.717) is 6.04 Å². The lowest BCUT2D eigenvalue weighted by atomic mass is 10.1. The highest BCUT2D eigenvalue weighted by molar-refractivity contribution is 7.12. The van der Waals surface area contributed by atoms with Gasteiger partial charge in [-0.15, -0.1) is 11.3 Å². The zero-order valence-electron chi connectivity index (χ0n) is 13.9. The standard InChI is InChI=1S/C19H23N3S/c1-14-10-19(16(3)23-14)15(2)21-11-17-4-6-18(7-5-17)12-22-9-8-20-13-22/h4-10,13,15,21H,11-12H2,1-3H3/t15-/m0/s1. The molecule has 2 aromatic heterocycles. The Morgan fingerprint density at radius 3 is 2.52 bits per heavy atom. The van der Waals surface area contributed by atoms with Crippen LogP contribution in [-0.2, 0) is 13.1 Å². The summed E-state index contributed by atoms with van der Waals surface area (Å²) in [6, 6.07) is 11.5. The van der Waals surface area contributed by atoms with Crippen LogP contribution in [0.1, 0.15) is 39.4 Å². The molecule has 0 fully saturated rings. The van der Waals surface area contributed by atoms with Crippen molar-refractivity contribution in [1.29, 1.82) is 0 Å². The van der Waals surface area contributed by atoms with Crippen LogP contribution in [0.15, 0.2) is 49.1 Å². The van der Waals surface area contributed by atoms with Gasteiger partial charge in [-0.25, -0.2) is 4.98 Å². The fourth-order valence-electron chi connectivity index (χ4n) is 2.81. The van der Waals surface area contributed by atoms with Crippen LogP contribution in [0.2, 0.25) is 0 Å². The Morgan fingerprint density at radius 1 is 1.17 bits per heavy atom. The third kappa shape index (κ3) is 4.09. The summed E-state index contributed by atoms with van der Waals surface area (Å²) in [5, 5.41) is 3.63. The largest absolute Gasteiger partial charge is 0.333 e. The minimum atomic E-state index is 0.380. The predicted molar refractivity (Wildman–Crippen MR) is 96.8 cm³/mol. The normalized spacial score (nSPS) is 12.5. The smallest absolute Gasteiger partial charge is 0.0949 e. The Bertz CT molecular complexity index is 742. The molecule has 3 aromatic rings. The van der Waals surface area contributed by atoms with Crippen LogP contribution in [0.25, 0.3) is 0 Å². The van der Waals surface area contributed by atoms with E-state index in [1.807, 2.05) is 30.1 Å². The number of rotatable bonds is 6. The number of thiophene rings is 1. The van der Waals surface area contributed by atoms with Gasteiger partial charge in [0.1, 0.15) is 0 Å². The third-order valence-electron chi connectivity index (χ3n) is 4.11. The van der Waals surface area contributed by atoms with Gasteiger partial charge in [-0.3, -0.25) is 0 Å². The quantitative estimate of drug-likeness (QED) is 0.725. The number of aryl methyl sites for hydroxylation is 2. The molecule has 1 aromatic carbocycles. The van der Waals surface area contributed by atoms with Crippen molar-refractivity contribution in [3.8, 4) is 0 Å². The van der Waals surface area contributed by atoms with Crippen molar-refractivity contribution in [2.24, 2.45) is 0 Å². The summed E-state index contributed by atoms with van der Waals surface area (Å²) < 4.78 is 2.08. The Labute approximate surface area is 142 Å². The molecule has 0 spiro atoms. The first-order valence-corrected chi connectivity index (χ1v) is 8.77. The van der Waals surface area contributed by atoms with Crippen LogP contribution in [-0.4, -0.2) is 9.55 Å². The molecule has 0 unspecified atom stereocenters. The molecule has 0 aliphatic carbocycles. The Kier molecular flexibility index (Phi) is 4.94. The number of nitrogens with one attached hydrogen (secondary N) is 1. The van der Waals surface area contributed by atoms with Gasteiger partial charge in [0.25, 0.3) is 0 Å². The van der Waals surface area contributed by atoms with Gasteiger partial charge in [0.15, 0.2) is 0 Å². The summed E-state index contributed by atoms with van der Waals surface area (Å²) in [6.07, 6.45) is 5.65. The first-order chi connectivity index (χ1) is 11.1. The third-order valence-corrected chi connectivity index (χ3v) is 5.09. The van der Waals surface area contributed by atoms with Crippen molar-refractivity contribution in [2.75, 3.05) is 0 Å². The molecule has 3 nitrogen and oxygen atoms in total. The maximum absolute atomic E-state index is 4.08. The first-order valence-electron chi connectivity index (χ1n) is 7.95. The molecule has 3 rings (SSSR count). The molecule has 4 heteroatoms. The fraction of sp³-hybridized carbons (Fsp3) is 0.316. The van der Waals surface area contributed by atoms with Gasteiger partial charge in [-0.05, 0) is 43.5 Å². The van der Waals surface area contributed by atoms with Crippen LogP contribution in [0.3, 0.4) is 0 Å². The van der Waals surface area contributed by atoms with Gasteiger partial charge in [0.2, 0.25) is 0 Å². The molecule has 2 heterocycles. The maximum atomic E-state index is 4.08. The lowest BCUT2D eigenvalue weighted by molar-refractivity contribution is 0.574. The molecule has 0 bridgehead atoms. The first kappa shape index (κ1) is 16.0. The van der Waals surface area contributed by atoms with E-state index in [4.69, 9.17) is 0 Å². The van der Waals surface area contributed by atoms with Gasteiger partial charge >= 0.3 is 0 Å². The van der Waals surface area contributed by atoms with Crippen molar-refractivity contribution in [2.45, 2.75) is 39.9 Å². The second-order valence-electron chi connectivity index (χ2n) is 6.02. The van der Waals surface area contributed by atoms with Crippen LogP contribution in [0.4, 0.5) is 0 Å². The van der Waals surface area contributed by atoms with Gasteiger partial charge < -0.3 is 9.88 Å². The van der Waals surface area contributed by atoms with E-state index in [-0.39, 0.29) is 0 Å². The van der Waals surface area contributed by atoms with Crippen molar-refractivity contribution in [1.82, 2.24) is 14.9 Å². The average Bonchev–Trinajstić information content (AvgIpc) is 3.15. The van der Waals surface area contributed by atoms with E-state index in [0.717, 1.165) is 13.1 Å². The lowest BCUT2D eigenvalue weighted by Crippen LogP contribution is -2.18.